The average Bonchev–Trinajstić information content (AvgIpc) is 2.32. The first-order valence-corrected chi connectivity index (χ1v) is 6.21. The number of aliphatic hydroxyl groups is 1. The number of halogens is 4. The molecule has 1 aromatic rings. The zero-order chi connectivity index (χ0) is 14.5. The maximum Gasteiger partial charge on any atom is 0.451 e. The summed E-state index contributed by atoms with van der Waals surface area (Å²) in [7, 11) is 0. The Labute approximate surface area is 114 Å². The lowest BCUT2D eigenvalue weighted by Gasteiger charge is -2.15. The van der Waals surface area contributed by atoms with Gasteiger partial charge in [0.1, 0.15) is 11.0 Å². The number of aliphatic hydroxyl groups excluding tert-OH is 1. The Morgan fingerprint density at radius 2 is 2.11 bits per heavy atom. The van der Waals surface area contributed by atoms with E-state index in [1.807, 2.05) is 6.92 Å². The second kappa shape index (κ2) is 6.91. The predicted molar refractivity (Wildman–Crippen MR) is 66.0 cm³/mol. The first-order chi connectivity index (χ1) is 8.86. The molecule has 0 saturated carbocycles. The molecule has 108 valence electrons. The molecule has 2 N–H and O–H groups in total. The van der Waals surface area contributed by atoms with Gasteiger partial charge in [-0.05, 0) is 12.3 Å². The highest BCUT2D eigenvalue weighted by Gasteiger charge is 2.35. The summed E-state index contributed by atoms with van der Waals surface area (Å²) in [5, 5.41) is 11.4. The van der Waals surface area contributed by atoms with Gasteiger partial charge in [0.25, 0.3) is 0 Å². The summed E-state index contributed by atoms with van der Waals surface area (Å²) in [5.74, 6) is -1.07. The molecule has 0 aromatic carbocycles. The quantitative estimate of drug-likeness (QED) is 0.793. The van der Waals surface area contributed by atoms with Crippen LogP contribution in [0.25, 0.3) is 0 Å². The monoisotopic (exact) mass is 297 g/mol. The van der Waals surface area contributed by atoms with Gasteiger partial charge in [-0.3, -0.25) is 0 Å². The van der Waals surface area contributed by atoms with Crippen LogP contribution in [0.1, 0.15) is 25.6 Å². The van der Waals surface area contributed by atoms with Crippen LogP contribution in [0, 0.1) is 5.92 Å². The van der Waals surface area contributed by atoms with Crippen molar-refractivity contribution in [1.29, 1.82) is 0 Å². The Morgan fingerprint density at radius 3 is 2.63 bits per heavy atom. The van der Waals surface area contributed by atoms with Crippen LogP contribution < -0.4 is 5.32 Å². The van der Waals surface area contributed by atoms with Crippen LogP contribution in [0.4, 0.5) is 19.0 Å². The molecule has 4 nitrogen and oxygen atoms in total. The number of nitrogens with one attached hydrogen (secondary N) is 1. The van der Waals surface area contributed by atoms with Gasteiger partial charge in [0, 0.05) is 19.2 Å². The molecule has 1 rings (SSSR count). The van der Waals surface area contributed by atoms with E-state index in [0.717, 1.165) is 6.42 Å². The van der Waals surface area contributed by atoms with Crippen LogP contribution in [0.5, 0.6) is 0 Å². The minimum Gasteiger partial charge on any atom is -0.396 e. The zero-order valence-corrected chi connectivity index (χ0v) is 11.1. The highest BCUT2D eigenvalue weighted by Crippen LogP contribution is 2.28. The van der Waals surface area contributed by atoms with Gasteiger partial charge in [-0.25, -0.2) is 9.97 Å². The number of hydrogen-bond acceptors (Lipinski definition) is 4. The van der Waals surface area contributed by atoms with E-state index >= 15 is 0 Å². The number of alkyl halides is 3. The Kier molecular flexibility index (Phi) is 5.81. The van der Waals surface area contributed by atoms with Crippen LogP contribution >= 0.6 is 11.6 Å². The summed E-state index contributed by atoms with van der Waals surface area (Å²) in [6.45, 7) is 2.40. The third kappa shape index (κ3) is 5.20. The van der Waals surface area contributed by atoms with Crippen molar-refractivity contribution < 1.29 is 18.3 Å². The van der Waals surface area contributed by atoms with Gasteiger partial charge < -0.3 is 10.4 Å². The van der Waals surface area contributed by atoms with Gasteiger partial charge in [-0.2, -0.15) is 13.2 Å². The van der Waals surface area contributed by atoms with Crippen molar-refractivity contribution >= 4 is 17.4 Å². The van der Waals surface area contributed by atoms with E-state index in [2.05, 4.69) is 15.3 Å². The first kappa shape index (κ1) is 16.0. The first-order valence-electron chi connectivity index (χ1n) is 5.83. The van der Waals surface area contributed by atoms with Crippen molar-refractivity contribution in [2.45, 2.75) is 25.9 Å². The summed E-state index contributed by atoms with van der Waals surface area (Å²) in [6, 6.07) is 1.24. The van der Waals surface area contributed by atoms with Crippen molar-refractivity contribution in [3.63, 3.8) is 0 Å². The molecule has 8 heteroatoms. The molecule has 0 aliphatic heterocycles. The minimum absolute atomic E-state index is 0.0312. The largest absolute Gasteiger partial charge is 0.451 e. The molecule has 19 heavy (non-hydrogen) atoms. The molecule has 0 bridgehead atoms. The normalized spacial score (nSPS) is 13.4. The highest BCUT2D eigenvalue weighted by atomic mass is 35.5. The molecular formula is C11H15ClF3N3O. The molecule has 1 aromatic heterocycles. The fraction of sp³-hybridized carbons (Fsp3) is 0.636. The van der Waals surface area contributed by atoms with Gasteiger partial charge in [0.05, 0.1) is 0 Å². The number of hydrogen-bond donors (Lipinski definition) is 2. The van der Waals surface area contributed by atoms with Gasteiger partial charge >= 0.3 is 6.18 Å². The molecule has 0 spiro atoms. The lowest BCUT2D eigenvalue weighted by molar-refractivity contribution is -0.144. The molecule has 0 aliphatic carbocycles. The van der Waals surface area contributed by atoms with Crippen molar-refractivity contribution in [2.75, 3.05) is 18.5 Å². The Morgan fingerprint density at radius 1 is 1.42 bits per heavy atom. The molecule has 0 saturated heterocycles. The van der Waals surface area contributed by atoms with Crippen LogP contribution in [-0.2, 0) is 6.18 Å². The third-order valence-electron chi connectivity index (χ3n) is 2.63. The summed E-state index contributed by atoms with van der Waals surface area (Å²) in [5.41, 5.74) is 0. The zero-order valence-electron chi connectivity index (χ0n) is 10.3. The predicted octanol–water partition coefficient (Wildman–Crippen LogP) is 2.97. The molecular weight excluding hydrogens is 283 g/mol. The van der Waals surface area contributed by atoms with Gasteiger partial charge in [0.2, 0.25) is 5.82 Å². The second-order valence-corrected chi connectivity index (χ2v) is 4.45. The topological polar surface area (TPSA) is 58.0 Å². The molecule has 0 amide bonds. The fourth-order valence-electron chi connectivity index (χ4n) is 1.52. The van der Waals surface area contributed by atoms with E-state index < -0.39 is 12.0 Å². The van der Waals surface area contributed by atoms with Crippen LogP contribution in [0.15, 0.2) is 6.07 Å². The maximum absolute atomic E-state index is 12.5. The second-order valence-electron chi connectivity index (χ2n) is 4.06. The van der Waals surface area contributed by atoms with E-state index in [0.29, 0.717) is 13.0 Å². The van der Waals surface area contributed by atoms with E-state index in [9.17, 15) is 13.2 Å². The van der Waals surface area contributed by atoms with Crippen molar-refractivity contribution in [3.05, 3.63) is 17.0 Å². The van der Waals surface area contributed by atoms with Gasteiger partial charge in [-0.1, -0.05) is 24.9 Å². The third-order valence-corrected chi connectivity index (χ3v) is 2.83. The van der Waals surface area contributed by atoms with E-state index in [4.69, 9.17) is 16.7 Å². The fourth-order valence-corrected chi connectivity index (χ4v) is 1.70. The number of nitrogens with zero attached hydrogens (tertiary/aromatic N) is 2. The van der Waals surface area contributed by atoms with Gasteiger partial charge in [-0.15, -0.1) is 0 Å². The molecule has 1 heterocycles. The van der Waals surface area contributed by atoms with Crippen molar-refractivity contribution in [2.24, 2.45) is 5.92 Å². The minimum atomic E-state index is -4.63. The standard InChI is InChI=1S/C11H15ClF3N3O/c1-2-7(3-4-19)6-16-9-5-8(12)17-10(18-9)11(13,14)15/h5,7,19H,2-4,6H2,1H3,(H,16,17,18). The van der Waals surface area contributed by atoms with Gasteiger partial charge in [0.15, 0.2) is 0 Å². The Bertz CT molecular complexity index is 415. The molecule has 0 aliphatic rings. The van der Waals surface area contributed by atoms with Crippen LogP contribution in [-0.4, -0.2) is 28.2 Å². The van der Waals surface area contributed by atoms with Crippen molar-refractivity contribution in [1.82, 2.24) is 9.97 Å². The maximum atomic E-state index is 12.5. The number of aromatic nitrogens is 2. The average molecular weight is 298 g/mol. The van der Waals surface area contributed by atoms with E-state index in [-0.39, 0.29) is 23.5 Å². The van der Waals surface area contributed by atoms with Crippen LogP contribution in [0.2, 0.25) is 5.15 Å². The molecule has 0 fully saturated rings. The lowest BCUT2D eigenvalue weighted by atomic mass is 10.0. The molecule has 0 radical (unpaired) electrons. The van der Waals surface area contributed by atoms with E-state index in [1.54, 1.807) is 0 Å². The number of rotatable bonds is 6. The van der Waals surface area contributed by atoms with Crippen molar-refractivity contribution in [3.8, 4) is 0 Å². The number of anilines is 1. The summed E-state index contributed by atoms with van der Waals surface area (Å²) >= 11 is 5.54. The summed E-state index contributed by atoms with van der Waals surface area (Å²) < 4.78 is 37.5. The molecule has 1 atom stereocenters. The summed E-state index contributed by atoms with van der Waals surface area (Å²) in [6.07, 6.45) is -3.25. The smallest absolute Gasteiger partial charge is 0.396 e. The Hall–Kier alpha value is -1.08. The highest BCUT2D eigenvalue weighted by molar-refractivity contribution is 6.29. The molecule has 1 unspecified atom stereocenters. The van der Waals surface area contributed by atoms with E-state index in [1.165, 1.54) is 6.07 Å². The van der Waals surface area contributed by atoms with Crippen LogP contribution in [0.3, 0.4) is 0 Å². The summed E-state index contributed by atoms with van der Waals surface area (Å²) in [4.78, 5) is 6.52. The SMILES string of the molecule is CCC(CCO)CNc1cc(Cl)nc(C(F)(F)F)n1. The lowest BCUT2D eigenvalue weighted by Crippen LogP contribution is -2.18. The Balaban J connectivity index is 2.76.